The fourth-order valence-corrected chi connectivity index (χ4v) is 1.81. The largest absolute Gasteiger partial charge is 0.481 e. The highest BCUT2D eigenvalue weighted by molar-refractivity contribution is 5.93. The second-order valence-corrected chi connectivity index (χ2v) is 5.74. The van der Waals surface area contributed by atoms with E-state index in [1.807, 2.05) is 0 Å². The number of carbonyl (C=O) groups is 2. The summed E-state index contributed by atoms with van der Waals surface area (Å²) in [6.07, 6.45) is 1.95. The number of benzene rings is 1. The number of rotatable bonds is 6. The van der Waals surface area contributed by atoms with Gasteiger partial charge < -0.3 is 15.2 Å². The molecule has 1 unspecified atom stereocenters. The molecule has 1 amide bonds. The van der Waals surface area contributed by atoms with Crippen molar-refractivity contribution < 1.29 is 23.8 Å². The summed E-state index contributed by atoms with van der Waals surface area (Å²) in [5.74, 6) is -1.52. The summed E-state index contributed by atoms with van der Waals surface area (Å²) in [6.45, 7) is 4.53. The highest BCUT2D eigenvalue weighted by atomic mass is 19.1. The van der Waals surface area contributed by atoms with Gasteiger partial charge in [0.2, 0.25) is 0 Å². The van der Waals surface area contributed by atoms with Crippen molar-refractivity contribution in [1.29, 1.82) is 0 Å². The van der Waals surface area contributed by atoms with Gasteiger partial charge in [-0.1, -0.05) is 0 Å². The molecule has 0 fully saturated rings. The van der Waals surface area contributed by atoms with Gasteiger partial charge in [0, 0.05) is 6.20 Å². The normalized spacial score (nSPS) is 12.5. The number of hydrogen-bond acceptors (Lipinski definition) is 4. The number of halogens is 1. The number of ether oxygens (including phenoxy) is 1. The number of carbonyl (C=O) groups excluding carboxylic acids is 1. The maximum absolute atomic E-state index is 12.8. The molecule has 24 heavy (non-hydrogen) atoms. The third kappa shape index (κ3) is 3.89. The van der Waals surface area contributed by atoms with Crippen molar-refractivity contribution in [3.05, 3.63) is 42.5 Å². The highest BCUT2D eigenvalue weighted by Crippen LogP contribution is 2.18. The Morgan fingerprint density at radius 3 is 2.54 bits per heavy atom. The summed E-state index contributed by atoms with van der Waals surface area (Å²) in [6, 6.07) is 5.31. The smallest absolute Gasteiger partial charge is 0.331 e. The molecular formula is C16H18FN3O4. The minimum absolute atomic E-state index is 0.351. The predicted octanol–water partition coefficient (Wildman–Crippen LogP) is 2.25. The van der Waals surface area contributed by atoms with Crippen LogP contribution in [0.25, 0.3) is 0 Å². The lowest BCUT2D eigenvalue weighted by molar-refractivity contribution is -0.146. The Labute approximate surface area is 138 Å². The molecule has 1 aromatic carbocycles. The first kappa shape index (κ1) is 17.5. The van der Waals surface area contributed by atoms with Crippen LogP contribution in [-0.4, -0.2) is 32.9 Å². The van der Waals surface area contributed by atoms with E-state index in [4.69, 9.17) is 9.84 Å². The van der Waals surface area contributed by atoms with Gasteiger partial charge in [-0.3, -0.25) is 9.48 Å². The molecule has 1 heterocycles. The van der Waals surface area contributed by atoms with Crippen LogP contribution in [0.3, 0.4) is 0 Å². The van der Waals surface area contributed by atoms with Crippen LogP contribution in [-0.2, 0) is 15.1 Å². The van der Waals surface area contributed by atoms with Gasteiger partial charge in [0.15, 0.2) is 11.6 Å². The van der Waals surface area contributed by atoms with Crippen LogP contribution in [0.5, 0.6) is 5.75 Å². The summed E-state index contributed by atoms with van der Waals surface area (Å²) in [5.41, 5.74) is -0.886. The lowest BCUT2D eigenvalue weighted by Crippen LogP contribution is -2.36. The van der Waals surface area contributed by atoms with Gasteiger partial charge in [-0.05, 0) is 45.0 Å². The molecule has 2 aromatic rings. The number of nitrogens with zero attached hydrogens (tertiary/aromatic N) is 2. The van der Waals surface area contributed by atoms with E-state index in [9.17, 15) is 14.0 Å². The van der Waals surface area contributed by atoms with E-state index in [1.165, 1.54) is 55.2 Å². The van der Waals surface area contributed by atoms with E-state index in [1.54, 1.807) is 6.92 Å². The van der Waals surface area contributed by atoms with Crippen molar-refractivity contribution in [1.82, 2.24) is 9.78 Å². The third-order valence-corrected chi connectivity index (χ3v) is 3.44. The van der Waals surface area contributed by atoms with Crippen LogP contribution in [0.15, 0.2) is 36.7 Å². The van der Waals surface area contributed by atoms with Crippen molar-refractivity contribution in [2.75, 3.05) is 5.32 Å². The number of hydrogen-bond donors (Lipinski definition) is 2. The van der Waals surface area contributed by atoms with Crippen molar-refractivity contribution in [3.8, 4) is 5.75 Å². The Bertz CT molecular complexity index is 740. The number of carboxylic acids is 1. The Hall–Kier alpha value is -2.90. The second kappa shape index (κ2) is 6.69. The first-order valence-corrected chi connectivity index (χ1v) is 7.22. The van der Waals surface area contributed by atoms with Crippen LogP contribution in [0.1, 0.15) is 20.8 Å². The molecule has 1 atom stereocenters. The van der Waals surface area contributed by atoms with Gasteiger partial charge in [-0.2, -0.15) is 5.10 Å². The number of amides is 1. The average Bonchev–Trinajstić information content (AvgIpc) is 2.98. The average molecular weight is 335 g/mol. The van der Waals surface area contributed by atoms with Crippen LogP contribution in [0, 0.1) is 5.82 Å². The number of aliphatic carboxylic acids is 1. The molecular weight excluding hydrogens is 317 g/mol. The molecule has 7 nitrogen and oxygen atoms in total. The van der Waals surface area contributed by atoms with E-state index in [-0.39, 0.29) is 0 Å². The monoisotopic (exact) mass is 335 g/mol. The second-order valence-electron chi connectivity index (χ2n) is 5.74. The Kier molecular flexibility index (Phi) is 4.87. The molecule has 8 heteroatoms. The van der Waals surface area contributed by atoms with Crippen molar-refractivity contribution >= 4 is 17.6 Å². The van der Waals surface area contributed by atoms with Gasteiger partial charge in [0.1, 0.15) is 11.6 Å². The molecule has 0 bridgehead atoms. The summed E-state index contributed by atoms with van der Waals surface area (Å²) in [5, 5.41) is 15.7. The molecule has 0 aliphatic carbocycles. The van der Waals surface area contributed by atoms with Crippen LogP contribution < -0.4 is 10.1 Å². The molecule has 0 spiro atoms. The van der Waals surface area contributed by atoms with Crippen molar-refractivity contribution in [3.63, 3.8) is 0 Å². The Morgan fingerprint density at radius 1 is 1.33 bits per heavy atom. The molecule has 1 aromatic heterocycles. The minimum Gasteiger partial charge on any atom is -0.481 e. The minimum atomic E-state index is -1.24. The molecule has 0 aliphatic rings. The van der Waals surface area contributed by atoms with E-state index >= 15 is 0 Å². The molecule has 128 valence electrons. The lowest BCUT2D eigenvalue weighted by atomic mass is 10.1. The van der Waals surface area contributed by atoms with Gasteiger partial charge >= 0.3 is 5.97 Å². The number of aromatic nitrogens is 2. The SMILES string of the molecule is CC(Oc1ccc(F)cc1)C(=O)Nc1cnn(C(C)(C)C(=O)O)c1. The van der Waals surface area contributed by atoms with E-state index in [2.05, 4.69) is 10.4 Å². The zero-order valence-corrected chi connectivity index (χ0v) is 13.5. The summed E-state index contributed by atoms with van der Waals surface area (Å²) >= 11 is 0. The summed E-state index contributed by atoms with van der Waals surface area (Å²) in [4.78, 5) is 23.3. The van der Waals surface area contributed by atoms with Gasteiger partial charge in [-0.25, -0.2) is 9.18 Å². The van der Waals surface area contributed by atoms with Crippen LogP contribution in [0.2, 0.25) is 0 Å². The van der Waals surface area contributed by atoms with E-state index < -0.39 is 29.3 Å². The number of nitrogens with one attached hydrogen (secondary N) is 1. The lowest BCUT2D eigenvalue weighted by Gasteiger charge is -2.19. The number of carboxylic acid groups (broad SMARTS) is 1. The molecule has 0 saturated heterocycles. The van der Waals surface area contributed by atoms with Gasteiger partial charge in [0.05, 0.1) is 11.9 Å². The number of anilines is 1. The first-order chi connectivity index (χ1) is 11.2. The maximum atomic E-state index is 12.8. The highest BCUT2D eigenvalue weighted by Gasteiger charge is 2.30. The zero-order chi connectivity index (χ0) is 17.9. The topological polar surface area (TPSA) is 93.5 Å². The molecule has 0 radical (unpaired) electrons. The Balaban J connectivity index is 2.00. The van der Waals surface area contributed by atoms with E-state index in [0.717, 1.165) is 0 Å². The molecule has 2 rings (SSSR count). The van der Waals surface area contributed by atoms with Crippen molar-refractivity contribution in [2.45, 2.75) is 32.4 Å². The van der Waals surface area contributed by atoms with Gasteiger partial charge in [-0.15, -0.1) is 0 Å². The molecule has 2 N–H and O–H groups in total. The predicted molar refractivity (Wildman–Crippen MR) is 84.3 cm³/mol. The van der Waals surface area contributed by atoms with E-state index in [0.29, 0.717) is 11.4 Å². The maximum Gasteiger partial charge on any atom is 0.331 e. The zero-order valence-electron chi connectivity index (χ0n) is 13.5. The third-order valence-electron chi connectivity index (χ3n) is 3.44. The fourth-order valence-electron chi connectivity index (χ4n) is 1.81. The van der Waals surface area contributed by atoms with Crippen molar-refractivity contribution in [2.24, 2.45) is 0 Å². The Morgan fingerprint density at radius 2 is 1.96 bits per heavy atom. The summed E-state index contributed by atoms with van der Waals surface area (Å²) in [7, 11) is 0. The molecule has 0 saturated carbocycles. The molecule has 0 aliphatic heterocycles. The fraction of sp³-hybridized carbons (Fsp3) is 0.312. The standard InChI is InChI=1S/C16H18FN3O4/c1-10(24-13-6-4-11(17)5-7-13)14(21)19-12-8-18-20(9-12)16(2,3)15(22)23/h4-10H,1-3H3,(H,19,21)(H,22,23). The van der Waals surface area contributed by atoms with Crippen LogP contribution >= 0.6 is 0 Å². The summed E-state index contributed by atoms with van der Waals surface area (Å²) < 4.78 is 19.5. The first-order valence-electron chi connectivity index (χ1n) is 7.22. The quantitative estimate of drug-likeness (QED) is 0.844. The van der Waals surface area contributed by atoms with Gasteiger partial charge in [0.25, 0.3) is 5.91 Å². The van der Waals surface area contributed by atoms with Crippen LogP contribution in [0.4, 0.5) is 10.1 Å².